The van der Waals surface area contributed by atoms with Crippen LogP contribution in [0.2, 0.25) is 0 Å². The Hall–Kier alpha value is -0.650. The molecule has 0 atom stereocenters. The Balaban J connectivity index is 2.04. The molecule has 0 radical (unpaired) electrons. The van der Waals surface area contributed by atoms with Crippen LogP contribution in [0.4, 0.5) is 0 Å². The Morgan fingerprint density at radius 3 is 2.71 bits per heavy atom. The fraction of sp³-hybridized carbons (Fsp3) is 0.889. The van der Waals surface area contributed by atoms with Gasteiger partial charge in [-0.25, -0.2) is 0 Å². The number of hydrogen-bond donors (Lipinski definition) is 3. The molecule has 0 heterocycles. The van der Waals surface area contributed by atoms with E-state index in [0.29, 0.717) is 26.3 Å². The molecule has 0 aromatic heterocycles. The van der Waals surface area contributed by atoms with Gasteiger partial charge in [0.25, 0.3) is 0 Å². The number of carbonyl (C=O) groups is 1. The molecule has 0 unspecified atom stereocenters. The second-order valence-corrected chi connectivity index (χ2v) is 3.58. The van der Waals surface area contributed by atoms with E-state index in [1.165, 1.54) is 0 Å². The molecule has 14 heavy (non-hydrogen) atoms. The Bertz CT molecular complexity index is 192. The van der Waals surface area contributed by atoms with E-state index < -0.39 is 0 Å². The molecule has 0 saturated heterocycles. The Kier molecular flexibility index (Phi) is 4.31. The third-order valence-corrected chi connectivity index (χ3v) is 2.49. The van der Waals surface area contributed by atoms with Crippen molar-refractivity contribution < 1.29 is 14.6 Å². The van der Waals surface area contributed by atoms with Crippen LogP contribution in [0.15, 0.2) is 0 Å². The highest BCUT2D eigenvalue weighted by Crippen LogP contribution is 2.44. The smallest absolute Gasteiger partial charge is 0.227 e. The van der Waals surface area contributed by atoms with Gasteiger partial charge in [-0.15, -0.1) is 0 Å². The Morgan fingerprint density at radius 1 is 1.50 bits per heavy atom. The van der Waals surface area contributed by atoms with E-state index in [0.717, 1.165) is 12.8 Å². The third-order valence-electron chi connectivity index (χ3n) is 2.49. The monoisotopic (exact) mass is 202 g/mol. The maximum absolute atomic E-state index is 11.5. The number of nitrogens with two attached hydrogens (primary N) is 1. The van der Waals surface area contributed by atoms with Gasteiger partial charge in [0, 0.05) is 13.1 Å². The largest absolute Gasteiger partial charge is 0.394 e. The summed E-state index contributed by atoms with van der Waals surface area (Å²) < 4.78 is 5.00. The van der Waals surface area contributed by atoms with Crippen molar-refractivity contribution in [3.63, 3.8) is 0 Å². The highest BCUT2D eigenvalue weighted by atomic mass is 16.5. The summed E-state index contributed by atoms with van der Waals surface area (Å²) in [7, 11) is 0. The molecule has 0 aromatic rings. The zero-order chi connectivity index (χ0) is 10.4. The van der Waals surface area contributed by atoms with Crippen molar-refractivity contribution in [3.05, 3.63) is 0 Å². The van der Waals surface area contributed by atoms with Gasteiger partial charge in [-0.1, -0.05) is 0 Å². The molecule has 1 aliphatic rings. The molecule has 82 valence electrons. The van der Waals surface area contributed by atoms with Gasteiger partial charge in [0.15, 0.2) is 0 Å². The van der Waals surface area contributed by atoms with Crippen molar-refractivity contribution >= 4 is 5.91 Å². The topological polar surface area (TPSA) is 84.6 Å². The average molecular weight is 202 g/mol. The number of ether oxygens (including phenoxy) is 1. The first-order valence-electron chi connectivity index (χ1n) is 4.92. The van der Waals surface area contributed by atoms with E-state index in [4.69, 9.17) is 15.6 Å². The second-order valence-electron chi connectivity index (χ2n) is 3.58. The summed E-state index contributed by atoms with van der Waals surface area (Å²) in [5, 5.41) is 11.2. The van der Waals surface area contributed by atoms with E-state index in [9.17, 15) is 4.79 Å². The van der Waals surface area contributed by atoms with Gasteiger partial charge in [0.1, 0.15) is 0 Å². The fourth-order valence-corrected chi connectivity index (χ4v) is 1.27. The van der Waals surface area contributed by atoms with Crippen molar-refractivity contribution in [1.29, 1.82) is 0 Å². The van der Waals surface area contributed by atoms with Crippen molar-refractivity contribution in [1.82, 2.24) is 5.32 Å². The van der Waals surface area contributed by atoms with Crippen LogP contribution in [0.3, 0.4) is 0 Å². The second kappa shape index (κ2) is 5.29. The van der Waals surface area contributed by atoms with Crippen molar-refractivity contribution in [2.45, 2.75) is 12.8 Å². The molecule has 0 aromatic carbocycles. The molecular weight excluding hydrogens is 184 g/mol. The first-order valence-corrected chi connectivity index (χ1v) is 4.92. The number of rotatable bonds is 7. The minimum atomic E-state index is -0.281. The predicted molar refractivity (Wildman–Crippen MR) is 51.6 cm³/mol. The SMILES string of the molecule is NCC1(C(=O)NCCOCCO)CC1. The van der Waals surface area contributed by atoms with Crippen LogP contribution >= 0.6 is 0 Å². The highest BCUT2D eigenvalue weighted by Gasteiger charge is 2.48. The molecule has 0 bridgehead atoms. The lowest BCUT2D eigenvalue weighted by Gasteiger charge is -2.12. The van der Waals surface area contributed by atoms with Crippen molar-refractivity contribution in [3.8, 4) is 0 Å². The van der Waals surface area contributed by atoms with Gasteiger partial charge in [-0.3, -0.25) is 4.79 Å². The van der Waals surface area contributed by atoms with Gasteiger partial charge < -0.3 is 20.9 Å². The van der Waals surface area contributed by atoms with Crippen molar-refractivity contribution in [2.24, 2.45) is 11.1 Å². The molecule has 5 nitrogen and oxygen atoms in total. The fourth-order valence-electron chi connectivity index (χ4n) is 1.27. The Labute approximate surface area is 83.6 Å². The summed E-state index contributed by atoms with van der Waals surface area (Å²) in [5.74, 6) is 0.0348. The molecule has 1 saturated carbocycles. The number of amides is 1. The molecule has 1 amide bonds. The molecule has 5 heteroatoms. The number of carbonyl (C=O) groups excluding carboxylic acids is 1. The molecule has 4 N–H and O–H groups in total. The first-order chi connectivity index (χ1) is 6.75. The average Bonchev–Trinajstić information content (AvgIpc) is 2.98. The van der Waals surface area contributed by atoms with Gasteiger partial charge in [0.05, 0.1) is 25.2 Å². The predicted octanol–water partition coefficient (Wildman–Crippen LogP) is -1.15. The molecular formula is C9H18N2O3. The van der Waals surface area contributed by atoms with E-state index in [1.54, 1.807) is 0 Å². The van der Waals surface area contributed by atoms with Gasteiger partial charge >= 0.3 is 0 Å². The van der Waals surface area contributed by atoms with E-state index in [2.05, 4.69) is 5.32 Å². The molecule has 1 fully saturated rings. The zero-order valence-electron chi connectivity index (χ0n) is 8.29. The van der Waals surface area contributed by atoms with Crippen LogP contribution in [0.1, 0.15) is 12.8 Å². The summed E-state index contributed by atoms with van der Waals surface area (Å²) in [6.45, 7) is 1.68. The maximum Gasteiger partial charge on any atom is 0.227 e. The summed E-state index contributed by atoms with van der Waals surface area (Å²) >= 11 is 0. The molecule has 0 spiro atoms. The lowest BCUT2D eigenvalue weighted by atomic mass is 10.1. The third kappa shape index (κ3) is 2.94. The van der Waals surface area contributed by atoms with Crippen LogP contribution in [0.5, 0.6) is 0 Å². The van der Waals surface area contributed by atoms with Crippen LogP contribution in [0.25, 0.3) is 0 Å². The molecule has 0 aliphatic heterocycles. The summed E-state index contributed by atoms with van der Waals surface area (Å²) in [6, 6.07) is 0. The van der Waals surface area contributed by atoms with Gasteiger partial charge in [-0.2, -0.15) is 0 Å². The number of nitrogens with one attached hydrogen (secondary N) is 1. The van der Waals surface area contributed by atoms with E-state index in [-0.39, 0.29) is 17.9 Å². The number of hydrogen-bond acceptors (Lipinski definition) is 4. The minimum Gasteiger partial charge on any atom is -0.394 e. The van der Waals surface area contributed by atoms with Crippen molar-refractivity contribution in [2.75, 3.05) is 32.9 Å². The standard InChI is InChI=1S/C9H18N2O3/c10-7-9(1-2-9)8(13)11-3-5-14-6-4-12/h12H,1-7,10H2,(H,11,13). The lowest BCUT2D eigenvalue weighted by Crippen LogP contribution is -2.38. The lowest BCUT2D eigenvalue weighted by molar-refractivity contribution is -0.126. The zero-order valence-corrected chi connectivity index (χ0v) is 8.29. The van der Waals surface area contributed by atoms with Crippen LogP contribution in [-0.2, 0) is 9.53 Å². The summed E-state index contributed by atoms with van der Waals surface area (Å²) in [6.07, 6.45) is 1.79. The van der Waals surface area contributed by atoms with Crippen LogP contribution < -0.4 is 11.1 Å². The van der Waals surface area contributed by atoms with E-state index >= 15 is 0 Å². The number of aliphatic hydroxyl groups is 1. The highest BCUT2D eigenvalue weighted by molar-refractivity contribution is 5.85. The number of aliphatic hydroxyl groups excluding tert-OH is 1. The first kappa shape index (κ1) is 11.4. The van der Waals surface area contributed by atoms with Gasteiger partial charge in [0.2, 0.25) is 5.91 Å². The minimum absolute atomic E-state index is 0.0146. The Morgan fingerprint density at radius 2 is 2.21 bits per heavy atom. The molecule has 1 aliphatic carbocycles. The van der Waals surface area contributed by atoms with Crippen LogP contribution in [0, 0.1) is 5.41 Å². The quantitative estimate of drug-likeness (QED) is 0.455. The van der Waals surface area contributed by atoms with Gasteiger partial charge in [-0.05, 0) is 12.8 Å². The molecule has 1 rings (SSSR count). The van der Waals surface area contributed by atoms with E-state index in [1.807, 2.05) is 0 Å². The normalized spacial score (nSPS) is 17.9. The maximum atomic E-state index is 11.5. The van der Waals surface area contributed by atoms with Crippen LogP contribution in [-0.4, -0.2) is 43.9 Å². The summed E-state index contributed by atoms with van der Waals surface area (Å²) in [5.41, 5.74) is 5.22. The summed E-state index contributed by atoms with van der Waals surface area (Å²) in [4.78, 5) is 11.5.